The number of benzene rings is 1. The van der Waals surface area contributed by atoms with Crippen LogP contribution in [0, 0.1) is 0 Å². The third kappa shape index (κ3) is 3.72. The minimum absolute atomic E-state index is 0.195. The first kappa shape index (κ1) is 16.6. The third-order valence-electron chi connectivity index (χ3n) is 3.99. The fourth-order valence-electron chi connectivity index (χ4n) is 2.71. The molecule has 0 bridgehead atoms. The van der Waals surface area contributed by atoms with Gasteiger partial charge in [0.2, 0.25) is 5.91 Å². The third-order valence-corrected chi connectivity index (χ3v) is 3.99. The van der Waals surface area contributed by atoms with Gasteiger partial charge in [0.1, 0.15) is 6.54 Å². The van der Waals surface area contributed by atoms with Gasteiger partial charge in [0, 0.05) is 29.4 Å². The van der Waals surface area contributed by atoms with Crippen LogP contribution in [0.15, 0.2) is 78.0 Å². The number of nitrogens with zero attached hydrogens (tertiary/aromatic N) is 4. The van der Waals surface area contributed by atoms with E-state index in [0.717, 1.165) is 21.1 Å². The lowest BCUT2D eigenvalue weighted by Crippen LogP contribution is -2.29. The summed E-state index contributed by atoms with van der Waals surface area (Å²) >= 11 is 0. The van der Waals surface area contributed by atoms with Gasteiger partial charge in [0.15, 0.2) is 0 Å². The van der Waals surface area contributed by atoms with Crippen molar-refractivity contribution in [1.29, 1.82) is 0 Å². The van der Waals surface area contributed by atoms with Crippen molar-refractivity contribution in [1.82, 2.24) is 19.7 Å². The first-order valence-corrected chi connectivity index (χ1v) is 8.32. The molecule has 0 fully saturated rings. The Labute approximate surface area is 154 Å². The normalized spacial score (nSPS) is 10.7. The van der Waals surface area contributed by atoms with Crippen molar-refractivity contribution < 1.29 is 4.79 Å². The molecule has 0 aliphatic rings. The number of anilines is 1. The number of carbonyl (C=O) groups is 1. The van der Waals surface area contributed by atoms with Gasteiger partial charge in [-0.1, -0.05) is 18.2 Å². The maximum Gasteiger partial charge on any atom is 0.267 e. The molecule has 1 amide bonds. The van der Waals surface area contributed by atoms with Crippen molar-refractivity contribution in [2.24, 2.45) is 0 Å². The molecule has 0 saturated heterocycles. The molecule has 7 heteroatoms. The van der Waals surface area contributed by atoms with Crippen LogP contribution in [-0.2, 0) is 11.3 Å². The van der Waals surface area contributed by atoms with Gasteiger partial charge in [-0.25, -0.2) is 4.68 Å². The lowest BCUT2D eigenvalue weighted by atomic mass is 10.2. The summed E-state index contributed by atoms with van der Waals surface area (Å²) in [6, 6.07) is 16.1. The molecule has 4 rings (SSSR count). The zero-order valence-electron chi connectivity index (χ0n) is 14.2. The number of pyridine rings is 2. The van der Waals surface area contributed by atoms with Crippen LogP contribution < -0.4 is 10.9 Å². The molecular weight excluding hydrogens is 342 g/mol. The highest BCUT2D eigenvalue weighted by Gasteiger charge is 2.09. The quantitative estimate of drug-likeness (QED) is 0.606. The molecule has 0 saturated carbocycles. The first-order valence-electron chi connectivity index (χ1n) is 8.32. The molecule has 4 aromatic rings. The molecule has 132 valence electrons. The lowest BCUT2D eigenvalue weighted by Gasteiger charge is -2.08. The summed E-state index contributed by atoms with van der Waals surface area (Å²) in [7, 11) is 0. The van der Waals surface area contributed by atoms with Crippen LogP contribution in [0.1, 0.15) is 0 Å². The average Bonchev–Trinajstić information content (AvgIpc) is 2.70. The number of rotatable bonds is 4. The fourth-order valence-corrected chi connectivity index (χ4v) is 2.71. The molecule has 1 aromatic carbocycles. The second-order valence-electron chi connectivity index (χ2n) is 5.92. The Kier molecular flexibility index (Phi) is 4.40. The Balaban J connectivity index is 1.54. The van der Waals surface area contributed by atoms with E-state index in [1.165, 1.54) is 6.07 Å². The summed E-state index contributed by atoms with van der Waals surface area (Å²) in [5, 5.41) is 7.94. The Bertz CT molecular complexity index is 1170. The molecule has 0 aliphatic heterocycles. The summed E-state index contributed by atoms with van der Waals surface area (Å²) in [6.45, 7) is -0.195. The van der Waals surface area contributed by atoms with Crippen LogP contribution in [0.3, 0.4) is 0 Å². The van der Waals surface area contributed by atoms with Gasteiger partial charge in [-0.15, -0.1) is 0 Å². The number of fused-ring (bicyclic) bond motifs is 1. The van der Waals surface area contributed by atoms with Gasteiger partial charge in [0.05, 0.1) is 23.1 Å². The second-order valence-corrected chi connectivity index (χ2v) is 5.92. The van der Waals surface area contributed by atoms with Crippen molar-refractivity contribution in [2.45, 2.75) is 6.54 Å². The van der Waals surface area contributed by atoms with Crippen LogP contribution in [0.2, 0.25) is 0 Å². The summed E-state index contributed by atoms with van der Waals surface area (Å²) < 4.78 is 1.13. The maximum absolute atomic E-state index is 12.4. The van der Waals surface area contributed by atoms with Gasteiger partial charge >= 0.3 is 0 Å². The largest absolute Gasteiger partial charge is 0.323 e. The predicted molar refractivity (Wildman–Crippen MR) is 102 cm³/mol. The fraction of sp³-hybridized carbons (Fsp3) is 0.0500. The SMILES string of the molecule is O=C(Cn1nc(-c2cccnc2)ccc1=O)Nc1cnc2ccccc2c1. The van der Waals surface area contributed by atoms with E-state index in [9.17, 15) is 9.59 Å². The Morgan fingerprint density at radius 1 is 1.04 bits per heavy atom. The van der Waals surface area contributed by atoms with Gasteiger partial charge < -0.3 is 5.32 Å². The number of carbonyl (C=O) groups excluding carboxylic acids is 1. The van der Waals surface area contributed by atoms with Crippen molar-refractivity contribution in [3.8, 4) is 11.3 Å². The number of hydrogen-bond donors (Lipinski definition) is 1. The van der Waals surface area contributed by atoms with Crippen molar-refractivity contribution >= 4 is 22.5 Å². The molecule has 1 N–H and O–H groups in total. The van der Waals surface area contributed by atoms with Gasteiger partial charge in [-0.3, -0.25) is 19.6 Å². The molecule has 0 radical (unpaired) electrons. The van der Waals surface area contributed by atoms with Crippen LogP contribution in [-0.4, -0.2) is 25.7 Å². The average molecular weight is 357 g/mol. The zero-order chi connectivity index (χ0) is 18.6. The smallest absolute Gasteiger partial charge is 0.267 e. The van der Waals surface area contributed by atoms with Crippen LogP contribution in [0.4, 0.5) is 5.69 Å². The van der Waals surface area contributed by atoms with E-state index in [4.69, 9.17) is 0 Å². The van der Waals surface area contributed by atoms with E-state index in [0.29, 0.717) is 11.4 Å². The summed E-state index contributed by atoms with van der Waals surface area (Å²) in [6.07, 6.45) is 4.89. The molecule has 0 aliphatic carbocycles. The molecule has 3 aromatic heterocycles. The molecule has 0 atom stereocenters. The number of nitrogens with one attached hydrogen (secondary N) is 1. The summed E-state index contributed by atoms with van der Waals surface area (Å²) in [5.74, 6) is -0.356. The monoisotopic (exact) mass is 357 g/mol. The maximum atomic E-state index is 12.4. The van der Waals surface area contributed by atoms with Crippen LogP contribution in [0.5, 0.6) is 0 Å². The van der Waals surface area contributed by atoms with Gasteiger partial charge in [-0.2, -0.15) is 5.10 Å². The minimum atomic E-state index is -0.356. The molecule has 27 heavy (non-hydrogen) atoms. The van der Waals surface area contributed by atoms with Gasteiger partial charge in [0.25, 0.3) is 5.56 Å². The first-order chi connectivity index (χ1) is 13.2. The predicted octanol–water partition coefficient (Wildman–Crippen LogP) is 2.49. The molecular formula is C20H15N5O2. The Hall–Kier alpha value is -3.87. The van der Waals surface area contributed by atoms with E-state index in [1.54, 1.807) is 30.7 Å². The summed E-state index contributed by atoms with van der Waals surface area (Å²) in [5.41, 5.74) is 2.40. The number of aromatic nitrogens is 4. The molecule has 0 spiro atoms. The van der Waals surface area contributed by atoms with Crippen molar-refractivity contribution in [3.05, 3.63) is 83.5 Å². The second kappa shape index (κ2) is 7.17. The van der Waals surface area contributed by atoms with E-state index in [2.05, 4.69) is 20.4 Å². The highest BCUT2D eigenvalue weighted by Crippen LogP contribution is 2.16. The molecule has 0 unspecified atom stereocenters. The van der Waals surface area contributed by atoms with Crippen LogP contribution >= 0.6 is 0 Å². The van der Waals surface area contributed by atoms with E-state index in [1.807, 2.05) is 36.4 Å². The zero-order valence-corrected chi connectivity index (χ0v) is 14.2. The Morgan fingerprint density at radius 2 is 1.93 bits per heavy atom. The standard InChI is InChI=1S/C20H15N5O2/c26-19(23-16-10-14-4-1-2-6-17(14)22-12-16)13-25-20(27)8-7-18(24-25)15-5-3-9-21-11-15/h1-12H,13H2,(H,23,26). The minimum Gasteiger partial charge on any atom is -0.323 e. The Morgan fingerprint density at radius 3 is 2.78 bits per heavy atom. The number of amides is 1. The van der Waals surface area contributed by atoms with E-state index < -0.39 is 0 Å². The summed E-state index contributed by atoms with van der Waals surface area (Å²) in [4.78, 5) is 32.8. The van der Waals surface area contributed by atoms with E-state index in [-0.39, 0.29) is 18.0 Å². The lowest BCUT2D eigenvalue weighted by molar-refractivity contribution is -0.117. The molecule has 3 heterocycles. The highest BCUT2D eigenvalue weighted by atomic mass is 16.2. The van der Waals surface area contributed by atoms with Crippen molar-refractivity contribution in [3.63, 3.8) is 0 Å². The topological polar surface area (TPSA) is 89.8 Å². The molecule has 7 nitrogen and oxygen atoms in total. The van der Waals surface area contributed by atoms with Crippen LogP contribution in [0.25, 0.3) is 22.2 Å². The van der Waals surface area contributed by atoms with E-state index >= 15 is 0 Å². The number of hydrogen-bond acceptors (Lipinski definition) is 5. The highest BCUT2D eigenvalue weighted by molar-refractivity contribution is 5.92. The van der Waals surface area contributed by atoms with Crippen molar-refractivity contribution in [2.75, 3.05) is 5.32 Å². The van der Waals surface area contributed by atoms with Gasteiger partial charge in [-0.05, 0) is 30.3 Å². The number of para-hydroxylation sites is 1.